The number of rotatable bonds is 10. The summed E-state index contributed by atoms with van der Waals surface area (Å²) < 4.78 is 19.9. The van der Waals surface area contributed by atoms with Crippen LogP contribution < -0.4 is 0 Å². The molecule has 0 aliphatic heterocycles. The first-order chi connectivity index (χ1) is 72.5. The van der Waals surface area contributed by atoms with Gasteiger partial charge in [0, 0.05) is 135 Å². The van der Waals surface area contributed by atoms with E-state index in [1.807, 2.05) is 11.3 Å². The number of nitrogens with zero attached hydrogens (tertiary/aromatic N) is 7. The van der Waals surface area contributed by atoms with Gasteiger partial charge in [0.1, 0.15) is 0 Å². The van der Waals surface area contributed by atoms with E-state index in [-0.39, 0.29) is 0 Å². The molecule has 0 spiro atoms. The van der Waals surface area contributed by atoms with Gasteiger partial charge in [-0.15, -0.1) is 11.3 Å². The van der Waals surface area contributed by atoms with Crippen LogP contribution in [-0.2, 0) is 0 Å². The Bertz CT molecular complexity index is 10800. The van der Waals surface area contributed by atoms with Crippen molar-refractivity contribution in [2.24, 2.45) is 0 Å². The molecule has 0 bridgehead atoms. The molecular weight excluding hydrogens is 1790 g/mol. The summed E-state index contributed by atoms with van der Waals surface area (Å²) in [5.74, 6) is 0. The Kier molecular flexibility index (Phi) is 18.9. The van der Waals surface area contributed by atoms with Crippen LogP contribution in [0.25, 0.3) is 278 Å². The summed E-state index contributed by atoms with van der Waals surface area (Å²) in [6.45, 7) is 0. The summed E-state index contributed by atoms with van der Waals surface area (Å²) in [7, 11) is 0. The Morgan fingerprint density at radius 2 is 0.363 bits per heavy atom. The topological polar surface area (TPSA) is 34.5 Å². The quantitative estimate of drug-likeness (QED) is 0.131. The number of hydrogen-bond donors (Lipinski definition) is 0. The summed E-state index contributed by atoms with van der Waals surface area (Å²) in [6.07, 6.45) is 0. The van der Waals surface area contributed by atoms with Gasteiger partial charge in [0.2, 0.25) is 0 Å². The highest BCUT2D eigenvalue weighted by atomic mass is 32.1. The van der Waals surface area contributed by atoms with Crippen LogP contribution in [0.4, 0.5) is 0 Å². The van der Waals surface area contributed by atoms with Crippen molar-refractivity contribution in [3.05, 3.63) is 528 Å². The predicted molar refractivity (Wildman–Crippen MR) is 621 cm³/mol. The van der Waals surface area contributed by atoms with E-state index in [0.717, 1.165) is 28.4 Å². The van der Waals surface area contributed by atoms with Crippen LogP contribution in [0.3, 0.4) is 0 Å². The minimum Gasteiger partial charge on any atom is -0.309 e. The third-order valence-corrected chi connectivity index (χ3v) is 31.7. The average Bonchev–Trinajstić information content (AvgIpc) is 1.54. The summed E-state index contributed by atoms with van der Waals surface area (Å²) in [5, 5.41) is 27.9. The van der Waals surface area contributed by atoms with Crippen molar-refractivity contribution in [3.8, 4) is 73.2 Å². The number of thiophene rings is 1. The minimum absolute atomic E-state index is 1.13. The Balaban J connectivity index is 0.000000102. The fourth-order valence-electron chi connectivity index (χ4n) is 24.3. The van der Waals surface area contributed by atoms with E-state index in [4.69, 9.17) is 0 Å². The highest BCUT2D eigenvalue weighted by Crippen LogP contribution is 2.51. The maximum absolute atomic E-state index is 2.52. The maximum Gasteiger partial charge on any atom is 0.0789 e. The van der Waals surface area contributed by atoms with Crippen molar-refractivity contribution in [1.82, 2.24) is 32.0 Å². The van der Waals surface area contributed by atoms with E-state index in [0.29, 0.717) is 0 Å². The number of benzene rings is 24. The largest absolute Gasteiger partial charge is 0.309 e. The lowest BCUT2D eigenvalue weighted by atomic mass is 9.93. The van der Waals surface area contributed by atoms with Crippen LogP contribution in [-0.4, -0.2) is 32.0 Å². The van der Waals surface area contributed by atoms with Gasteiger partial charge >= 0.3 is 0 Å². The van der Waals surface area contributed by atoms with Crippen molar-refractivity contribution in [3.63, 3.8) is 0 Å². The first kappa shape index (κ1) is 82.7. The molecule has 146 heavy (non-hydrogen) atoms. The van der Waals surface area contributed by atoms with Gasteiger partial charge < -0.3 is 32.0 Å². The zero-order valence-electron chi connectivity index (χ0n) is 79.3. The third kappa shape index (κ3) is 12.8. The summed E-state index contributed by atoms with van der Waals surface area (Å²) in [4.78, 5) is 0. The van der Waals surface area contributed by atoms with Gasteiger partial charge in [-0.05, 0) is 217 Å². The molecule has 0 aliphatic carbocycles. The molecule has 0 unspecified atom stereocenters. The van der Waals surface area contributed by atoms with Crippen LogP contribution in [0.2, 0.25) is 0 Å². The van der Waals surface area contributed by atoms with Crippen LogP contribution in [0.5, 0.6) is 0 Å². The number of fused-ring (bicyclic) bond motifs is 33. The number of aromatic nitrogens is 7. The summed E-state index contributed by atoms with van der Waals surface area (Å²) >= 11 is 1.88. The van der Waals surface area contributed by atoms with Crippen LogP contribution in [0.15, 0.2) is 528 Å². The van der Waals surface area contributed by atoms with Gasteiger partial charge in [0.05, 0.1) is 77.2 Å². The molecule has 7 nitrogen and oxygen atoms in total. The molecule has 8 heteroatoms. The van der Waals surface area contributed by atoms with Crippen molar-refractivity contribution >= 4 is 216 Å². The molecular formula is C138H87N7S. The van der Waals surface area contributed by atoms with E-state index in [2.05, 4.69) is 560 Å². The van der Waals surface area contributed by atoms with Gasteiger partial charge in [-0.3, -0.25) is 0 Å². The van der Waals surface area contributed by atoms with Crippen molar-refractivity contribution < 1.29 is 0 Å². The smallest absolute Gasteiger partial charge is 0.0789 e. The van der Waals surface area contributed by atoms with E-state index < -0.39 is 0 Å². The second-order valence-corrected chi connectivity index (χ2v) is 39.5. The molecule has 0 saturated carbocycles. The molecule has 32 aromatic rings. The first-order valence-electron chi connectivity index (χ1n) is 50.2. The fraction of sp³-hybridized carbons (Fsp3) is 0. The van der Waals surface area contributed by atoms with E-state index in [1.54, 1.807) is 0 Å². The lowest BCUT2D eigenvalue weighted by Crippen LogP contribution is -2.00. The van der Waals surface area contributed by atoms with Gasteiger partial charge in [0.25, 0.3) is 0 Å². The molecule has 0 saturated heterocycles. The Morgan fingerprint density at radius 3 is 0.753 bits per heavy atom. The van der Waals surface area contributed by atoms with Crippen LogP contribution >= 0.6 is 11.3 Å². The molecule has 0 fully saturated rings. The lowest BCUT2D eigenvalue weighted by Gasteiger charge is -2.14. The minimum atomic E-state index is 1.13. The van der Waals surface area contributed by atoms with Gasteiger partial charge in [-0.1, -0.05) is 376 Å². The molecule has 0 atom stereocenters. The highest BCUT2D eigenvalue weighted by molar-refractivity contribution is 7.25. The highest BCUT2D eigenvalue weighted by Gasteiger charge is 2.29. The van der Waals surface area contributed by atoms with Gasteiger partial charge in [-0.2, -0.15) is 0 Å². The zero-order valence-corrected chi connectivity index (χ0v) is 80.1. The zero-order chi connectivity index (χ0) is 95.7. The normalized spacial score (nSPS) is 12.0. The fourth-order valence-corrected chi connectivity index (χ4v) is 25.5. The maximum atomic E-state index is 2.52. The van der Waals surface area contributed by atoms with Gasteiger partial charge in [-0.25, -0.2) is 0 Å². The van der Waals surface area contributed by atoms with Crippen molar-refractivity contribution in [2.45, 2.75) is 0 Å². The third-order valence-electron chi connectivity index (χ3n) is 30.5. The first-order valence-corrected chi connectivity index (χ1v) is 51.0. The molecule has 32 rings (SSSR count). The standard InChI is InChI=1S/C52H34N2.C46H29N3.C40H24N2S/c1-4-14-35(15-5-1)39-32-40(36-16-6-2-7-17-36)34-41(33-39)37-24-27-43(28-25-37)54-49-31-26-38-18-10-11-21-44(38)50(49)47-30-29-46-45-22-12-13-23-48(45)53(51(46)52(47)54)42-19-8-3-9-20-42;1-2-14-31(15-3-1)48-42-24-11-8-21-37(42)38-26-27-39-44-34-18-5-4-13-30(34)25-28-43(44)49(46(39)45(38)48)33-17-12-16-32(29-33)47-40-22-9-6-19-35(40)36-20-7-10-23-41(36)47;1-2-11-26(12-3-1)41-34-16-8-6-14-29(34)32-21-22-33-38-28-13-5-4-10-25(28)18-23-35(38)42(40(33)39(32)41)27-19-20-31-30-15-7-9-17-36(30)43-37(31)24-27/h1-34H;1-29H;1-24H. The van der Waals surface area contributed by atoms with E-state index in [9.17, 15) is 0 Å². The second-order valence-electron chi connectivity index (χ2n) is 38.4. The Morgan fingerprint density at radius 1 is 0.116 bits per heavy atom. The molecule has 0 aliphatic rings. The molecule has 0 N–H and O–H groups in total. The second kappa shape index (κ2) is 33.3. The summed E-state index contributed by atoms with van der Waals surface area (Å²) in [5.41, 5.74) is 32.3. The average molecular weight is 1880 g/mol. The number of para-hydroxylation sites is 8. The Labute approximate surface area is 843 Å². The molecule has 0 radical (unpaired) electrons. The van der Waals surface area contributed by atoms with Crippen LogP contribution in [0, 0.1) is 0 Å². The van der Waals surface area contributed by atoms with Crippen LogP contribution in [0.1, 0.15) is 0 Å². The summed E-state index contributed by atoms with van der Waals surface area (Å²) in [6, 6.07) is 193. The molecule has 8 heterocycles. The Hall–Kier alpha value is -19.1. The predicted octanol–water partition coefficient (Wildman–Crippen LogP) is 37.6. The van der Waals surface area contributed by atoms with Gasteiger partial charge in [0.15, 0.2) is 0 Å². The monoisotopic (exact) mass is 1870 g/mol. The SMILES string of the molecule is c1ccc(-c2cc(-c3ccccc3)cc(-c3ccc(-n4c5ccc6ccccc6c5c5ccc6c7ccccc7n(-c7ccccc7)c6c54)cc3)c2)cc1.c1ccc(-n2c3ccccc3c3ccc4c5c6ccccc6ccc5n(-c5ccc6c(c5)sc5ccccc56)c4c32)cc1.c1ccc(-n2c3ccccc3c3ccc4c5c6ccccc6ccc5n(-c5cccc(-n6c7ccccc7c7ccccc76)c5)c4c32)cc1. The lowest BCUT2D eigenvalue weighted by molar-refractivity contribution is 1.13. The van der Waals surface area contributed by atoms with E-state index >= 15 is 0 Å². The molecule has 0 amide bonds. The van der Waals surface area contributed by atoms with Crippen molar-refractivity contribution in [1.29, 1.82) is 0 Å². The molecule has 680 valence electrons. The number of hydrogen-bond acceptors (Lipinski definition) is 1. The van der Waals surface area contributed by atoms with E-state index in [1.165, 1.54) is 250 Å². The van der Waals surface area contributed by atoms with Crippen molar-refractivity contribution in [2.75, 3.05) is 0 Å². The molecule has 8 aromatic heterocycles. The molecule has 24 aromatic carbocycles.